The molecule has 0 spiro atoms. The summed E-state index contributed by atoms with van der Waals surface area (Å²) in [5.41, 5.74) is 12.1. The highest BCUT2D eigenvalue weighted by Crippen LogP contribution is 2.52. The Balaban J connectivity index is 1.15. The molecular weight excluding hydrogens is 595 g/mol. The zero-order valence-corrected chi connectivity index (χ0v) is 28.2. The van der Waals surface area contributed by atoms with Crippen molar-refractivity contribution >= 4 is 60.5 Å². The maximum absolute atomic E-state index is 6.99. The summed E-state index contributed by atoms with van der Waals surface area (Å²) >= 11 is 0. The molecular formula is C47H39NO. The van der Waals surface area contributed by atoms with Gasteiger partial charge >= 0.3 is 0 Å². The summed E-state index contributed by atoms with van der Waals surface area (Å²) in [4.78, 5) is 2.38. The van der Waals surface area contributed by atoms with Gasteiger partial charge in [0, 0.05) is 27.6 Å². The predicted molar refractivity (Wildman–Crippen MR) is 207 cm³/mol. The molecule has 0 saturated heterocycles. The fourth-order valence-corrected chi connectivity index (χ4v) is 9.03. The van der Waals surface area contributed by atoms with Crippen LogP contribution in [0.15, 0.2) is 138 Å². The van der Waals surface area contributed by atoms with Gasteiger partial charge < -0.3 is 9.32 Å². The van der Waals surface area contributed by atoms with Crippen LogP contribution in [-0.4, -0.2) is 0 Å². The highest BCUT2D eigenvalue weighted by molar-refractivity contribution is 6.11. The van der Waals surface area contributed by atoms with E-state index in [1.54, 1.807) is 0 Å². The molecule has 0 amide bonds. The topological polar surface area (TPSA) is 16.4 Å². The fourth-order valence-electron chi connectivity index (χ4n) is 9.03. The van der Waals surface area contributed by atoms with Crippen LogP contribution in [0, 0.1) is 0 Å². The number of rotatable bonds is 4. The smallest absolute Gasteiger partial charge is 0.159 e. The molecule has 7 aromatic carbocycles. The van der Waals surface area contributed by atoms with Crippen molar-refractivity contribution in [2.45, 2.75) is 57.3 Å². The molecule has 1 aromatic heterocycles. The Kier molecular flexibility index (Phi) is 6.34. The van der Waals surface area contributed by atoms with Gasteiger partial charge in [0.05, 0.1) is 5.69 Å². The minimum atomic E-state index is -0.0894. The molecule has 10 rings (SSSR count). The molecule has 0 N–H and O–H groups in total. The number of hydrogen-bond donors (Lipinski definition) is 0. The van der Waals surface area contributed by atoms with Gasteiger partial charge in [-0.1, -0.05) is 112 Å². The Labute approximate surface area is 287 Å². The number of para-hydroxylation sites is 3. The molecule has 0 aliphatic heterocycles. The quantitative estimate of drug-likeness (QED) is 0.192. The number of hydrogen-bond acceptors (Lipinski definition) is 2. The van der Waals surface area contributed by atoms with Gasteiger partial charge in [0.15, 0.2) is 5.58 Å². The van der Waals surface area contributed by atoms with Gasteiger partial charge in [-0.15, -0.1) is 0 Å². The molecule has 2 heteroatoms. The highest BCUT2D eigenvalue weighted by atomic mass is 16.3. The second-order valence-corrected chi connectivity index (χ2v) is 14.8. The van der Waals surface area contributed by atoms with Crippen LogP contribution in [0.1, 0.15) is 68.6 Å². The van der Waals surface area contributed by atoms with Gasteiger partial charge in [-0.2, -0.15) is 0 Å². The minimum absolute atomic E-state index is 0.0894. The van der Waals surface area contributed by atoms with Crippen LogP contribution in [-0.2, 0) is 5.41 Å². The van der Waals surface area contributed by atoms with E-state index in [1.165, 1.54) is 92.2 Å². The van der Waals surface area contributed by atoms with Gasteiger partial charge in [-0.05, 0) is 123 Å². The van der Waals surface area contributed by atoms with Gasteiger partial charge in [0.25, 0.3) is 0 Å². The summed E-state index contributed by atoms with van der Waals surface area (Å²) in [6, 6.07) is 49.5. The molecule has 0 radical (unpaired) electrons. The van der Waals surface area contributed by atoms with E-state index in [4.69, 9.17) is 4.42 Å². The lowest BCUT2D eigenvalue weighted by atomic mass is 9.81. The molecule has 0 unspecified atom stereocenters. The summed E-state index contributed by atoms with van der Waals surface area (Å²) in [6.45, 7) is 4.75. The number of anilines is 3. The lowest BCUT2D eigenvalue weighted by molar-refractivity contribution is 0.442. The lowest BCUT2D eigenvalue weighted by Gasteiger charge is -2.26. The van der Waals surface area contributed by atoms with E-state index in [0.717, 1.165) is 28.2 Å². The maximum Gasteiger partial charge on any atom is 0.159 e. The maximum atomic E-state index is 6.99. The number of furan rings is 1. The van der Waals surface area contributed by atoms with Crippen molar-refractivity contribution in [2.75, 3.05) is 4.90 Å². The van der Waals surface area contributed by atoms with Crippen LogP contribution in [0.25, 0.3) is 54.6 Å². The fraction of sp³-hybridized carbons (Fsp3) is 0.191. The Bertz CT molecular complexity index is 2570. The lowest BCUT2D eigenvalue weighted by Crippen LogP contribution is -2.15. The van der Waals surface area contributed by atoms with E-state index < -0.39 is 0 Å². The number of nitrogens with zero attached hydrogens (tertiary/aromatic N) is 1. The summed E-state index contributed by atoms with van der Waals surface area (Å²) in [6.07, 6.45) is 6.45. The molecule has 1 saturated carbocycles. The van der Waals surface area contributed by atoms with Crippen molar-refractivity contribution in [1.29, 1.82) is 0 Å². The number of fused-ring (bicyclic) bond motifs is 8. The largest absolute Gasteiger partial charge is 0.454 e. The average molecular weight is 634 g/mol. The first kappa shape index (κ1) is 28.7. The zero-order valence-electron chi connectivity index (χ0n) is 28.2. The zero-order chi connectivity index (χ0) is 32.7. The molecule has 2 nitrogen and oxygen atoms in total. The van der Waals surface area contributed by atoms with Crippen LogP contribution in [0.4, 0.5) is 17.1 Å². The van der Waals surface area contributed by atoms with Gasteiger partial charge in [-0.25, -0.2) is 0 Å². The normalized spacial score (nSPS) is 15.6. The summed E-state index contributed by atoms with van der Waals surface area (Å²) in [5, 5.41) is 7.50. The monoisotopic (exact) mass is 633 g/mol. The summed E-state index contributed by atoms with van der Waals surface area (Å²) in [5.74, 6) is 0.572. The number of benzene rings is 7. The van der Waals surface area contributed by atoms with E-state index in [0.29, 0.717) is 5.92 Å². The van der Waals surface area contributed by atoms with Crippen molar-refractivity contribution < 1.29 is 4.42 Å². The average Bonchev–Trinajstić information content (AvgIpc) is 3.63. The molecule has 0 atom stereocenters. The Morgan fingerprint density at radius 2 is 1.16 bits per heavy atom. The first-order chi connectivity index (χ1) is 24.0. The molecule has 0 bridgehead atoms. The third-order valence-corrected chi connectivity index (χ3v) is 11.6. The first-order valence-corrected chi connectivity index (χ1v) is 18.0. The van der Waals surface area contributed by atoms with Crippen LogP contribution < -0.4 is 4.90 Å². The second-order valence-electron chi connectivity index (χ2n) is 14.8. The van der Waals surface area contributed by atoms with E-state index in [-0.39, 0.29) is 5.41 Å². The first-order valence-electron chi connectivity index (χ1n) is 18.0. The molecule has 49 heavy (non-hydrogen) atoms. The van der Waals surface area contributed by atoms with Gasteiger partial charge in [0.2, 0.25) is 0 Å². The standard InChI is InChI=1S/C47H39NO/c1-47(2)42-28-32-16-10-9-15-31(32)26-40(42)41-27-33-23-24-36(25-34(33)29-43(41)47)48(35-17-7-4-8-18-35)44-22-12-21-39-38-20-11-19-37(45(38)49-46(39)44)30-13-5-3-6-14-30/h4,7-12,15-30H,3,5-6,13-14H2,1-2H3. The van der Waals surface area contributed by atoms with E-state index in [2.05, 4.69) is 152 Å². The Morgan fingerprint density at radius 1 is 0.531 bits per heavy atom. The molecule has 8 aromatic rings. The molecule has 2 aliphatic rings. The summed E-state index contributed by atoms with van der Waals surface area (Å²) in [7, 11) is 0. The molecule has 1 fully saturated rings. The summed E-state index contributed by atoms with van der Waals surface area (Å²) < 4.78 is 6.99. The van der Waals surface area contributed by atoms with E-state index in [1.807, 2.05) is 0 Å². The molecule has 238 valence electrons. The van der Waals surface area contributed by atoms with Gasteiger partial charge in [-0.3, -0.25) is 0 Å². The second kappa shape index (κ2) is 10.8. The van der Waals surface area contributed by atoms with Crippen LogP contribution in [0.3, 0.4) is 0 Å². The Morgan fingerprint density at radius 3 is 1.92 bits per heavy atom. The highest BCUT2D eigenvalue weighted by Gasteiger charge is 2.36. The van der Waals surface area contributed by atoms with Crippen molar-refractivity contribution in [3.05, 3.63) is 150 Å². The predicted octanol–water partition coefficient (Wildman–Crippen LogP) is 13.7. The minimum Gasteiger partial charge on any atom is -0.454 e. The van der Waals surface area contributed by atoms with Crippen molar-refractivity contribution in [3.8, 4) is 11.1 Å². The van der Waals surface area contributed by atoms with Gasteiger partial charge in [0.1, 0.15) is 5.58 Å². The van der Waals surface area contributed by atoms with Crippen molar-refractivity contribution in [3.63, 3.8) is 0 Å². The van der Waals surface area contributed by atoms with Crippen molar-refractivity contribution in [2.24, 2.45) is 0 Å². The Hall–Kier alpha value is -5.34. The van der Waals surface area contributed by atoms with Crippen LogP contribution in [0.5, 0.6) is 0 Å². The molecule has 1 heterocycles. The van der Waals surface area contributed by atoms with Crippen LogP contribution in [0.2, 0.25) is 0 Å². The van der Waals surface area contributed by atoms with E-state index in [9.17, 15) is 0 Å². The third-order valence-electron chi connectivity index (χ3n) is 11.6. The molecule has 2 aliphatic carbocycles. The van der Waals surface area contributed by atoms with Crippen LogP contribution >= 0.6 is 0 Å². The van der Waals surface area contributed by atoms with E-state index >= 15 is 0 Å². The third kappa shape index (κ3) is 4.40. The van der Waals surface area contributed by atoms with Crippen molar-refractivity contribution in [1.82, 2.24) is 0 Å². The SMILES string of the molecule is CC1(C)c2cc3ccccc3cc2-c2cc3ccc(N(c4ccccc4)c4cccc5c4oc4c(C6CCCCC6)cccc45)cc3cc21.